The highest BCUT2D eigenvalue weighted by molar-refractivity contribution is 7.92. The Morgan fingerprint density at radius 1 is 1.41 bits per heavy atom. The summed E-state index contributed by atoms with van der Waals surface area (Å²) < 4.78 is 35.2. The first-order chi connectivity index (χ1) is 12.9. The van der Waals surface area contributed by atoms with Gasteiger partial charge in [-0.25, -0.2) is 13.4 Å². The van der Waals surface area contributed by atoms with Crippen molar-refractivity contribution < 1.29 is 17.9 Å². The minimum atomic E-state index is -3.65. The summed E-state index contributed by atoms with van der Waals surface area (Å²) in [7, 11) is -2.10. The lowest BCUT2D eigenvalue weighted by molar-refractivity contribution is 0.0718. The van der Waals surface area contributed by atoms with E-state index in [2.05, 4.69) is 9.71 Å². The molecule has 27 heavy (non-hydrogen) atoms. The molecule has 8 nitrogen and oxygen atoms in total. The van der Waals surface area contributed by atoms with Crippen LogP contribution in [0.1, 0.15) is 36.0 Å². The largest absolute Gasteiger partial charge is 0.380 e. The third-order valence-electron chi connectivity index (χ3n) is 4.94. The molecule has 1 heterocycles. The standard InChI is InChI=1S/C18H24N4O4S/c1-26-17(13-4-2-3-5-13)11-27(24,25)21-15-7-6-14(18(19)23)10-16(15)22-9-8-20-12-22/h6-10,12-13,17,21H,2-5,11H2,1H3,(H2,19,23). The summed E-state index contributed by atoms with van der Waals surface area (Å²) in [6.07, 6.45) is 8.60. The van der Waals surface area contributed by atoms with Crippen LogP contribution in [0, 0.1) is 5.92 Å². The van der Waals surface area contributed by atoms with Gasteiger partial charge in [0, 0.05) is 25.1 Å². The van der Waals surface area contributed by atoms with Gasteiger partial charge in [0.15, 0.2) is 0 Å². The number of methoxy groups -OCH3 is 1. The second-order valence-corrected chi connectivity index (χ2v) is 8.54. The molecule has 1 fully saturated rings. The maximum atomic E-state index is 12.8. The highest BCUT2D eigenvalue weighted by Gasteiger charge is 2.29. The number of nitrogens with two attached hydrogens (primary N) is 1. The van der Waals surface area contributed by atoms with Gasteiger partial charge in [0.1, 0.15) is 0 Å². The smallest absolute Gasteiger partial charge is 0.248 e. The van der Waals surface area contributed by atoms with Crippen molar-refractivity contribution in [3.8, 4) is 5.69 Å². The number of aromatic nitrogens is 2. The summed E-state index contributed by atoms with van der Waals surface area (Å²) in [6.45, 7) is 0. The van der Waals surface area contributed by atoms with E-state index in [1.54, 1.807) is 24.1 Å². The van der Waals surface area contributed by atoms with Crippen LogP contribution < -0.4 is 10.5 Å². The van der Waals surface area contributed by atoms with Crippen LogP contribution in [-0.2, 0) is 14.8 Å². The fourth-order valence-electron chi connectivity index (χ4n) is 3.54. The number of nitrogens with zero attached hydrogens (tertiary/aromatic N) is 2. The van der Waals surface area contributed by atoms with Crippen molar-refractivity contribution in [2.45, 2.75) is 31.8 Å². The number of amides is 1. The minimum absolute atomic E-state index is 0.116. The zero-order valence-electron chi connectivity index (χ0n) is 15.2. The Labute approximate surface area is 158 Å². The number of carbonyl (C=O) groups is 1. The Bertz CT molecular complexity index is 890. The van der Waals surface area contributed by atoms with Crippen LogP contribution in [-0.4, -0.2) is 42.8 Å². The molecule has 1 aromatic heterocycles. The molecule has 0 bridgehead atoms. The van der Waals surface area contributed by atoms with Crippen molar-refractivity contribution in [2.24, 2.45) is 11.7 Å². The molecule has 3 rings (SSSR count). The Morgan fingerprint density at radius 2 is 2.15 bits per heavy atom. The number of rotatable bonds is 8. The molecule has 1 saturated carbocycles. The maximum Gasteiger partial charge on any atom is 0.248 e. The first-order valence-corrected chi connectivity index (χ1v) is 10.5. The summed E-state index contributed by atoms with van der Waals surface area (Å²) in [6, 6.07) is 4.56. The number of nitrogens with one attached hydrogen (secondary N) is 1. The topological polar surface area (TPSA) is 116 Å². The van der Waals surface area contributed by atoms with Crippen LogP contribution in [0.25, 0.3) is 5.69 Å². The second kappa shape index (κ2) is 8.10. The first kappa shape index (κ1) is 19.4. The van der Waals surface area contributed by atoms with Gasteiger partial charge >= 0.3 is 0 Å². The quantitative estimate of drug-likeness (QED) is 0.712. The van der Waals surface area contributed by atoms with Crippen LogP contribution in [0.4, 0.5) is 5.69 Å². The zero-order valence-corrected chi connectivity index (χ0v) is 16.0. The molecule has 0 radical (unpaired) electrons. The number of sulfonamides is 1. The summed E-state index contributed by atoms with van der Waals surface area (Å²) in [5, 5.41) is 0. The minimum Gasteiger partial charge on any atom is -0.380 e. The van der Waals surface area contributed by atoms with E-state index in [4.69, 9.17) is 10.5 Å². The van der Waals surface area contributed by atoms with E-state index >= 15 is 0 Å². The van der Waals surface area contributed by atoms with Crippen LogP contribution in [0.5, 0.6) is 0 Å². The van der Waals surface area contributed by atoms with Gasteiger partial charge in [-0.15, -0.1) is 0 Å². The number of hydrogen-bond acceptors (Lipinski definition) is 5. The van der Waals surface area contributed by atoms with Crippen molar-refractivity contribution >= 4 is 21.6 Å². The maximum absolute atomic E-state index is 12.8. The number of primary amides is 1. The van der Waals surface area contributed by atoms with Crippen LogP contribution >= 0.6 is 0 Å². The molecule has 0 spiro atoms. The number of carbonyl (C=O) groups excluding carboxylic acids is 1. The van der Waals surface area contributed by atoms with Crippen molar-refractivity contribution in [3.05, 3.63) is 42.5 Å². The van der Waals surface area contributed by atoms with Gasteiger partial charge in [0.2, 0.25) is 15.9 Å². The molecule has 1 aliphatic rings. The molecule has 0 aliphatic heterocycles. The molecule has 146 valence electrons. The van der Waals surface area contributed by atoms with E-state index < -0.39 is 15.9 Å². The van der Waals surface area contributed by atoms with Crippen LogP contribution in [0.3, 0.4) is 0 Å². The lowest BCUT2D eigenvalue weighted by Gasteiger charge is -2.22. The Hall–Kier alpha value is -2.39. The average Bonchev–Trinajstić information content (AvgIpc) is 3.33. The highest BCUT2D eigenvalue weighted by atomic mass is 32.2. The summed E-state index contributed by atoms with van der Waals surface area (Å²) in [5.41, 5.74) is 6.45. The van der Waals surface area contributed by atoms with Crippen molar-refractivity contribution in [1.82, 2.24) is 9.55 Å². The van der Waals surface area contributed by atoms with Gasteiger partial charge < -0.3 is 15.0 Å². The summed E-state index contributed by atoms with van der Waals surface area (Å²) >= 11 is 0. The lowest BCUT2D eigenvalue weighted by atomic mass is 10.0. The average molecular weight is 392 g/mol. The number of hydrogen-bond donors (Lipinski definition) is 2. The number of benzene rings is 1. The Balaban J connectivity index is 1.86. The molecule has 1 unspecified atom stereocenters. The predicted octanol–water partition coefficient (Wildman–Crippen LogP) is 1.92. The van der Waals surface area contributed by atoms with E-state index in [9.17, 15) is 13.2 Å². The van der Waals surface area contributed by atoms with Gasteiger partial charge in [-0.1, -0.05) is 12.8 Å². The van der Waals surface area contributed by atoms with E-state index in [0.717, 1.165) is 25.7 Å². The van der Waals surface area contributed by atoms with Crippen molar-refractivity contribution in [1.29, 1.82) is 0 Å². The van der Waals surface area contributed by atoms with Gasteiger partial charge in [0.05, 0.1) is 29.6 Å². The van der Waals surface area contributed by atoms with E-state index in [1.807, 2.05) is 0 Å². The van der Waals surface area contributed by atoms with Gasteiger partial charge in [-0.3, -0.25) is 9.52 Å². The van der Waals surface area contributed by atoms with Gasteiger partial charge in [-0.05, 0) is 37.0 Å². The van der Waals surface area contributed by atoms with Crippen molar-refractivity contribution in [2.75, 3.05) is 17.6 Å². The predicted molar refractivity (Wildman–Crippen MR) is 102 cm³/mol. The molecular formula is C18H24N4O4S. The number of imidazole rings is 1. The van der Waals surface area contributed by atoms with E-state index in [1.165, 1.54) is 24.5 Å². The molecule has 1 aliphatic carbocycles. The van der Waals surface area contributed by atoms with E-state index in [0.29, 0.717) is 11.4 Å². The molecular weight excluding hydrogens is 368 g/mol. The first-order valence-electron chi connectivity index (χ1n) is 8.85. The molecule has 1 amide bonds. The molecule has 0 saturated heterocycles. The summed E-state index contributed by atoms with van der Waals surface area (Å²) in [4.78, 5) is 15.5. The number of anilines is 1. The van der Waals surface area contributed by atoms with E-state index in [-0.39, 0.29) is 23.3 Å². The van der Waals surface area contributed by atoms with Crippen LogP contribution in [0.15, 0.2) is 36.9 Å². The SMILES string of the molecule is COC(CS(=O)(=O)Nc1ccc(C(N)=O)cc1-n1ccnc1)C1CCCC1. The number of ether oxygens (including phenoxy) is 1. The zero-order chi connectivity index (χ0) is 19.4. The fraction of sp³-hybridized carbons (Fsp3) is 0.444. The fourth-order valence-corrected chi connectivity index (χ4v) is 4.97. The molecule has 2 aromatic rings. The molecule has 1 aromatic carbocycles. The Morgan fingerprint density at radius 3 is 2.74 bits per heavy atom. The molecule has 9 heteroatoms. The van der Waals surface area contributed by atoms with Gasteiger partial charge in [-0.2, -0.15) is 0 Å². The third kappa shape index (κ3) is 4.67. The highest BCUT2D eigenvalue weighted by Crippen LogP contribution is 2.30. The third-order valence-corrected chi connectivity index (χ3v) is 6.24. The lowest BCUT2D eigenvalue weighted by Crippen LogP contribution is -2.32. The summed E-state index contributed by atoms with van der Waals surface area (Å²) in [5.74, 6) is -0.446. The Kier molecular flexibility index (Phi) is 5.81. The molecule has 1 atom stereocenters. The normalized spacial score (nSPS) is 16.3. The van der Waals surface area contributed by atoms with Gasteiger partial charge in [0.25, 0.3) is 0 Å². The van der Waals surface area contributed by atoms with Crippen molar-refractivity contribution in [3.63, 3.8) is 0 Å². The monoisotopic (exact) mass is 392 g/mol. The second-order valence-electron chi connectivity index (χ2n) is 6.77. The van der Waals surface area contributed by atoms with Crippen LogP contribution in [0.2, 0.25) is 0 Å². The molecule has 3 N–H and O–H groups in total.